The van der Waals surface area contributed by atoms with Crippen LogP contribution in [-0.4, -0.2) is 16.0 Å². The van der Waals surface area contributed by atoms with Gasteiger partial charge >= 0.3 is 0 Å². The zero-order valence-electron chi connectivity index (χ0n) is 8.70. The van der Waals surface area contributed by atoms with Crippen molar-refractivity contribution in [1.82, 2.24) is 10.1 Å². The molecule has 1 N–H and O–H groups in total. The standard InChI is InChI=1S/C10H7ClFN3O2/c1-5-4-7(15-17-5)14-10(16)6-2-3-13-9(11)8(6)12/h2-4H,1H3,(H,14,15,16). The largest absolute Gasteiger partial charge is 0.360 e. The number of nitrogens with one attached hydrogen (secondary N) is 1. The van der Waals surface area contributed by atoms with Gasteiger partial charge in [-0.3, -0.25) is 4.79 Å². The smallest absolute Gasteiger partial charge is 0.260 e. The lowest BCUT2D eigenvalue weighted by Crippen LogP contribution is -2.14. The van der Waals surface area contributed by atoms with E-state index in [1.165, 1.54) is 18.3 Å². The summed E-state index contributed by atoms with van der Waals surface area (Å²) in [5, 5.41) is 5.58. The molecule has 0 radical (unpaired) electrons. The molecule has 0 atom stereocenters. The predicted molar refractivity (Wildman–Crippen MR) is 58.4 cm³/mol. The van der Waals surface area contributed by atoms with E-state index < -0.39 is 11.7 Å². The van der Waals surface area contributed by atoms with E-state index in [-0.39, 0.29) is 16.5 Å². The number of hydrogen-bond donors (Lipinski definition) is 1. The van der Waals surface area contributed by atoms with Crippen LogP contribution in [0, 0.1) is 12.7 Å². The third kappa shape index (κ3) is 2.42. The number of carbonyl (C=O) groups is 1. The highest BCUT2D eigenvalue weighted by atomic mass is 35.5. The molecule has 0 aliphatic rings. The molecule has 0 fully saturated rings. The molecular formula is C10H7ClFN3O2. The van der Waals surface area contributed by atoms with Crippen molar-refractivity contribution < 1.29 is 13.7 Å². The van der Waals surface area contributed by atoms with Gasteiger partial charge in [-0.1, -0.05) is 16.8 Å². The average Bonchev–Trinajstić information content (AvgIpc) is 2.68. The first-order valence-corrected chi connectivity index (χ1v) is 5.00. The molecule has 0 bridgehead atoms. The van der Waals surface area contributed by atoms with Gasteiger partial charge < -0.3 is 9.84 Å². The topological polar surface area (TPSA) is 68.0 Å². The molecule has 2 heterocycles. The second-order valence-electron chi connectivity index (χ2n) is 3.24. The van der Waals surface area contributed by atoms with E-state index >= 15 is 0 Å². The summed E-state index contributed by atoms with van der Waals surface area (Å²) in [4.78, 5) is 15.2. The molecule has 7 heteroatoms. The third-order valence-corrected chi connectivity index (χ3v) is 2.22. The number of anilines is 1. The van der Waals surface area contributed by atoms with E-state index in [2.05, 4.69) is 15.5 Å². The van der Waals surface area contributed by atoms with E-state index in [0.29, 0.717) is 5.76 Å². The van der Waals surface area contributed by atoms with Gasteiger partial charge in [0.2, 0.25) is 0 Å². The number of aromatic nitrogens is 2. The molecule has 17 heavy (non-hydrogen) atoms. The Morgan fingerprint density at radius 3 is 3.00 bits per heavy atom. The summed E-state index contributed by atoms with van der Waals surface area (Å²) in [7, 11) is 0. The predicted octanol–water partition coefficient (Wildman–Crippen LogP) is 2.42. The number of rotatable bonds is 2. The number of carbonyl (C=O) groups excluding carboxylic acids is 1. The van der Waals surface area contributed by atoms with Crippen molar-refractivity contribution in [3.63, 3.8) is 0 Å². The maximum Gasteiger partial charge on any atom is 0.260 e. The Hall–Kier alpha value is -1.95. The van der Waals surface area contributed by atoms with Crippen molar-refractivity contribution in [2.45, 2.75) is 6.92 Å². The Kier molecular flexibility index (Phi) is 3.06. The number of aryl methyl sites for hydroxylation is 1. The quantitative estimate of drug-likeness (QED) is 0.837. The summed E-state index contributed by atoms with van der Waals surface area (Å²) >= 11 is 5.46. The Balaban J connectivity index is 2.23. The second-order valence-corrected chi connectivity index (χ2v) is 3.60. The van der Waals surface area contributed by atoms with Gasteiger partial charge in [-0.25, -0.2) is 9.37 Å². The maximum atomic E-state index is 13.5. The summed E-state index contributed by atoms with van der Waals surface area (Å²) in [5.41, 5.74) is -0.203. The van der Waals surface area contributed by atoms with Crippen molar-refractivity contribution in [3.8, 4) is 0 Å². The molecule has 5 nitrogen and oxygen atoms in total. The number of amides is 1. The maximum absolute atomic E-state index is 13.5. The van der Waals surface area contributed by atoms with Crippen LogP contribution in [0.5, 0.6) is 0 Å². The molecule has 2 rings (SSSR count). The Morgan fingerprint density at radius 1 is 1.59 bits per heavy atom. The minimum Gasteiger partial charge on any atom is -0.360 e. The second kappa shape index (κ2) is 4.50. The molecule has 0 aliphatic heterocycles. The summed E-state index contributed by atoms with van der Waals surface area (Å²) in [6.45, 7) is 1.67. The number of nitrogens with zero attached hydrogens (tertiary/aromatic N) is 2. The number of hydrogen-bond acceptors (Lipinski definition) is 4. The van der Waals surface area contributed by atoms with Crippen molar-refractivity contribution in [1.29, 1.82) is 0 Å². The van der Waals surface area contributed by atoms with E-state index in [1.807, 2.05) is 0 Å². The van der Waals surface area contributed by atoms with Gasteiger partial charge in [-0.05, 0) is 13.0 Å². The fourth-order valence-electron chi connectivity index (χ4n) is 1.20. The summed E-state index contributed by atoms with van der Waals surface area (Å²) in [6.07, 6.45) is 1.24. The molecule has 0 saturated carbocycles. The van der Waals surface area contributed by atoms with Gasteiger partial charge in [0.1, 0.15) is 5.76 Å². The summed E-state index contributed by atoms with van der Waals surface area (Å²) < 4.78 is 18.2. The van der Waals surface area contributed by atoms with Gasteiger partial charge in [-0.2, -0.15) is 0 Å². The molecule has 2 aromatic heterocycles. The molecule has 0 spiro atoms. The van der Waals surface area contributed by atoms with Crippen LogP contribution in [0.15, 0.2) is 22.9 Å². The highest BCUT2D eigenvalue weighted by Crippen LogP contribution is 2.16. The van der Waals surface area contributed by atoms with E-state index in [1.54, 1.807) is 6.92 Å². The van der Waals surface area contributed by atoms with Crippen molar-refractivity contribution in [2.24, 2.45) is 0 Å². The monoisotopic (exact) mass is 255 g/mol. The van der Waals surface area contributed by atoms with Crippen LogP contribution in [0.3, 0.4) is 0 Å². The van der Waals surface area contributed by atoms with Crippen LogP contribution in [0.4, 0.5) is 10.2 Å². The van der Waals surface area contributed by atoms with Crippen LogP contribution < -0.4 is 5.32 Å². The molecule has 0 saturated heterocycles. The first-order chi connectivity index (χ1) is 8.08. The van der Waals surface area contributed by atoms with E-state index in [0.717, 1.165) is 0 Å². The van der Waals surface area contributed by atoms with Gasteiger partial charge in [-0.15, -0.1) is 0 Å². The Morgan fingerprint density at radius 2 is 2.35 bits per heavy atom. The molecule has 0 aromatic carbocycles. The summed E-state index contributed by atoms with van der Waals surface area (Å²) in [6, 6.07) is 2.74. The van der Waals surface area contributed by atoms with Crippen LogP contribution >= 0.6 is 11.6 Å². The van der Waals surface area contributed by atoms with Crippen molar-refractivity contribution in [3.05, 3.63) is 40.6 Å². The fourth-order valence-corrected chi connectivity index (χ4v) is 1.36. The van der Waals surface area contributed by atoms with Crippen molar-refractivity contribution in [2.75, 3.05) is 5.32 Å². The molecule has 0 unspecified atom stereocenters. The first-order valence-electron chi connectivity index (χ1n) is 4.62. The Labute approximate surface area is 101 Å². The number of halogens is 2. The van der Waals surface area contributed by atoms with Crippen LogP contribution in [0.1, 0.15) is 16.1 Å². The lowest BCUT2D eigenvalue weighted by Gasteiger charge is -2.02. The SMILES string of the molecule is Cc1cc(NC(=O)c2ccnc(Cl)c2F)no1. The zero-order chi connectivity index (χ0) is 12.4. The lowest BCUT2D eigenvalue weighted by molar-refractivity contribution is 0.102. The fraction of sp³-hybridized carbons (Fsp3) is 0.100. The highest BCUT2D eigenvalue weighted by Gasteiger charge is 2.16. The normalized spacial score (nSPS) is 10.3. The number of pyridine rings is 1. The minimum atomic E-state index is -0.869. The lowest BCUT2D eigenvalue weighted by atomic mass is 10.2. The van der Waals surface area contributed by atoms with Gasteiger partial charge in [0.05, 0.1) is 5.56 Å². The zero-order valence-corrected chi connectivity index (χ0v) is 9.45. The molecule has 88 valence electrons. The Bertz CT molecular complexity index is 570. The van der Waals surface area contributed by atoms with Crippen LogP contribution in [0.25, 0.3) is 0 Å². The minimum absolute atomic E-state index is 0.203. The third-order valence-electron chi connectivity index (χ3n) is 1.96. The van der Waals surface area contributed by atoms with Gasteiger partial charge in [0, 0.05) is 12.3 Å². The van der Waals surface area contributed by atoms with Crippen LogP contribution in [-0.2, 0) is 0 Å². The average molecular weight is 256 g/mol. The molecule has 1 amide bonds. The molecule has 2 aromatic rings. The molecular weight excluding hydrogens is 249 g/mol. The van der Waals surface area contributed by atoms with Crippen molar-refractivity contribution >= 4 is 23.3 Å². The van der Waals surface area contributed by atoms with Gasteiger partial charge in [0.25, 0.3) is 5.91 Å². The highest BCUT2D eigenvalue weighted by molar-refractivity contribution is 6.30. The van der Waals surface area contributed by atoms with E-state index in [4.69, 9.17) is 16.1 Å². The van der Waals surface area contributed by atoms with Gasteiger partial charge in [0.15, 0.2) is 16.8 Å². The van der Waals surface area contributed by atoms with Crippen LogP contribution in [0.2, 0.25) is 5.15 Å². The molecule has 0 aliphatic carbocycles. The van der Waals surface area contributed by atoms with E-state index in [9.17, 15) is 9.18 Å². The summed E-state index contributed by atoms with van der Waals surface area (Å²) in [5.74, 6) is -0.791. The first kappa shape index (κ1) is 11.5.